The second kappa shape index (κ2) is 4.34. The Morgan fingerprint density at radius 2 is 2.00 bits per heavy atom. The molecule has 0 radical (unpaired) electrons. The second-order valence-electron chi connectivity index (χ2n) is 3.07. The molecule has 1 N–H and O–H groups in total. The number of likely N-dealkylation sites (tertiary alicyclic amines) is 1. The smallest absolute Gasteiger partial charge is 0.217 e. The van der Waals surface area contributed by atoms with E-state index in [4.69, 9.17) is 0 Å². The number of carbonyl (C=O) groups excluding carboxylic acids is 1. The van der Waals surface area contributed by atoms with Gasteiger partial charge in [-0.25, -0.2) is 0 Å². The van der Waals surface area contributed by atoms with Crippen LogP contribution in [0.15, 0.2) is 0 Å². The van der Waals surface area contributed by atoms with Crippen LogP contribution in [-0.2, 0) is 4.79 Å². The topological polar surface area (TPSA) is 32.3 Å². The SMILES string of the molecule is CC(=O)NCN1CCCCC1. The summed E-state index contributed by atoms with van der Waals surface area (Å²) in [6.07, 6.45) is 3.90. The van der Waals surface area contributed by atoms with Gasteiger partial charge < -0.3 is 5.32 Å². The standard InChI is InChI=1S/C8H16N2O/c1-8(11)9-7-10-5-3-2-4-6-10/h2-7H2,1H3,(H,9,11). The summed E-state index contributed by atoms with van der Waals surface area (Å²) in [7, 11) is 0. The zero-order valence-electron chi connectivity index (χ0n) is 7.10. The van der Waals surface area contributed by atoms with Crippen LogP contribution < -0.4 is 5.32 Å². The maximum atomic E-state index is 10.5. The molecule has 0 unspecified atom stereocenters. The molecule has 0 aliphatic carbocycles. The van der Waals surface area contributed by atoms with Crippen LogP contribution >= 0.6 is 0 Å². The fourth-order valence-corrected chi connectivity index (χ4v) is 1.34. The molecule has 0 aromatic heterocycles. The highest BCUT2D eigenvalue weighted by Gasteiger charge is 2.08. The lowest BCUT2D eigenvalue weighted by atomic mass is 10.1. The van der Waals surface area contributed by atoms with Gasteiger partial charge in [0.15, 0.2) is 0 Å². The van der Waals surface area contributed by atoms with Crippen molar-refractivity contribution in [3.8, 4) is 0 Å². The molecular formula is C8H16N2O. The maximum absolute atomic E-state index is 10.5. The molecule has 1 heterocycles. The van der Waals surface area contributed by atoms with Crippen molar-refractivity contribution in [2.45, 2.75) is 26.2 Å². The number of piperidine rings is 1. The van der Waals surface area contributed by atoms with Crippen molar-refractivity contribution in [3.63, 3.8) is 0 Å². The minimum atomic E-state index is 0.0653. The van der Waals surface area contributed by atoms with Crippen molar-refractivity contribution in [1.29, 1.82) is 0 Å². The molecule has 3 nitrogen and oxygen atoms in total. The van der Waals surface area contributed by atoms with Crippen LogP contribution in [-0.4, -0.2) is 30.6 Å². The average Bonchev–Trinajstić information content (AvgIpc) is 2.03. The summed E-state index contributed by atoms with van der Waals surface area (Å²) in [6, 6.07) is 0. The fraction of sp³-hybridized carbons (Fsp3) is 0.875. The average molecular weight is 156 g/mol. The lowest BCUT2D eigenvalue weighted by Crippen LogP contribution is -2.39. The van der Waals surface area contributed by atoms with Crippen molar-refractivity contribution in [1.82, 2.24) is 10.2 Å². The summed E-state index contributed by atoms with van der Waals surface area (Å²) in [5, 5.41) is 2.80. The van der Waals surface area contributed by atoms with E-state index in [0.29, 0.717) is 0 Å². The number of hydrogen-bond acceptors (Lipinski definition) is 2. The van der Waals surface area contributed by atoms with Crippen molar-refractivity contribution >= 4 is 5.91 Å². The summed E-state index contributed by atoms with van der Waals surface area (Å²) in [5.41, 5.74) is 0. The third-order valence-electron chi connectivity index (χ3n) is 2.00. The summed E-state index contributed by atoms with van der Waals surface area (Å²) >= 11 is 0. The third kappa shape index (κ3) is 3.37. The van der Waals surface area contributed by atoms with Gasteiger partial charge in [0, 0.05) is 6.92 Å². The van der Waals surface area contributed by atoms with Crippen LogP contribution in [0.1, 0.15) is 26.2 Å². The molecule has 0 aromatic carbocycles. The summed E-state index contributed by atoms with van der Waals surface area (Å²) in [5.74, 6) is 0.0653. The van der Waals surface area contributed by atoms with E-state index in [9.17, 15) is 4.79 Å². The number of amides is 1. The Bertz CT molecular complexity index is 130. The lowest BCUT2D eigenvalue weighted by molar-refractivity contribution is -0.119. The predicted octanol–water partition coefficient (Wildman–Crippen LogP) is 0.566. The Morgan fingerprint density at radius 3 is 2.55 bits per heavy atom. The van der Waals surface area contributed by atoms with Gasteiger partial charge in [-0.2, -0.15) is 0 Å². The first-order chi connectivity index (χ1) is 5.29. The van der Waals surface area contributed by atoms with Gasteiger partial charge in [-0.15, -0.1) is 0 Å². The monoisotopic (exact) mass is 156 g/mol. The largest absolute Gasteiger partial charge is 0.344 e. The molecule has 0 bridgehead atoms. The first-order valence-electron chi connectivity index (χ1n) is 4.26. The van der Waals surface area contributed by atoms with E-state index >= 15 is 0 Å². The molecule has 1 fully saturated rings. The van der Waals surface area contributed by atoms with Gasteiger partial charge in [-0.3, -0.25) is 9.69 Å². The fourth-order valence-electron chi connectivity index (χ4n) is 1.34. The Hall–Kier alpha value is -0.570. The van der Waals surface area contributed by atoms with Crippen LogP contribution in [0, 0.1) is 0 Å². The van der Waals surface area contributed by atoms with Gasteiger partial charge in [-0.05, 0) is 25.9 Å². The zero-order valence-corrected chi connectivity index (χ0v) is 7.10. The van der Waals surface area contributed by atoms with Crippen molar-refractivity contribution in [3.05, 3.63) is 0 Å². The Balaban J connectivity index is 2.09. The molecule has 0 aromatic rings. The number of nitrogens with one attached hydrogen (secondary N) is 1. The lowest BCUT2D eigenvalue weighted by Gasteiger charge is -2.26. The maximum Gasteiger partial charge on any atom is 0.217 e. The summed E-state index contributed by atoms with van der Waals surface area (Å²) < 4.78 is 0. The molecular weight excluding hydrogens is 140 g/mol. The molecule has 1 rings (SSSR count). The zero-order chi connectivity index (χ0) is 8.10. The van der Waals surface area contributed by atoms with Crippen LogP contribution in [0.4, 0.5) is 0 Å². The number of rotatable bonds is 2. The highest BCUT2D eigenvalue weighted by molar-refractivity contribution is 5.72. The number of nitrogens with zero attached hydrogens (tertiary/aromatic N) is 1. The van der Waals surface area contributed by atoms with Gasteiger partial charge in [0.25, 0.3) is 0 Å². The van der Waals surface area contributed by atoms with Gasteiger partial charge in [0.2, 0.25) is 5.91 Å². The summed E-state index contributed by atoms with van der Waals surface area (Å²) in [4.78, 5) is 12.8. The number of carbonyl (C=O) groups is 1. The predicted molar refractivity (Wildman–Crippen MR) is 44.1 cm³/mol. The van der Waals surface area contributed by atoms with E-state index in [2.05, 4.69) is 10.2 Å². The summed E-state index contributed by atoms with van der Waals surface area (Å²) in [6.45, 7) is 4.57. The molecule has 0 saturated carbocycles. The van der Waals surface area contributed by atoms with E-state index in [1.165, 1.54) is 19.3 Å². The Kier molecular flexibility index (Phi) is 3.36. The first-order valence-corrected chi connectivity index (χ1v) is 4.26. The third-order valence-corrected chi connectivity index (χ3v) is 2.00. The van der Waals surface area contributed by atoms with E-state index in [1.54, 1.807) is 6.92 Å². The Morgan fingerprint density at radius 1 is 1.36 bits per heavy atom. The molecule has 1 aliphatic rings. The van der Waals surface area contributed by atoms with Crippen LogP contribution in [0.5, 0.6) is 0 Å². The molecule has 1 aliphatic heterocycles. The van der Waals surface area contributed by atoms with E-state index < -0.39 is 0 Å². The molecule has 64 valence electrons. The van der Waals surface area contributed by atoms with Crippen LogP contribution in [0.25, 0.3) is 0 Å². The van der Waals surface area contributed by atoms with Crippen molar-refractivity contribution < 1.29 is 4.79 Å². The minimum Gasteiger partial charge on any atom is -0.344 e. The van der Waals surface area contributed by atoms with Gasteiger partial charge in [0.05, 0.1) is 6.67 Å². The quantitative estimate of drug-likeness (QED) is 0.633. The Labute approximate surface area is 67.8 Å². The molecule has 1 saturated heterocycles. The van der Waals surface area contributed by atoms with Crippen molar-refractivity contribution in [2.24, 2.45) is 0 Å². The first kappa shape index (κ1) is 8.53. The van der Waals surface area contributed by atoms with E-state index in [-0.39, 0.29) is 5.91 Å². The van der Waals surface area contributed by atoms with Crippen molar-refractivity contribution in [2.75, 3.05) is 19.8 Å². The van der Waals surface area contributed by atoms with Crippen LogP contribution in [0.2, 0.25) is 0 Å². The van der Waals surface area contributed by atoms with Gasteiger partial charge in [-0.1, -0.05) is 6.42 Å². The molecule has 0 spiro atoms. The molecule has 11 heavy (non-hydrogen) atoms. The molecule has 0 atom stereocenters. The second-order valence-corrected chi connectivity index (χ2v) is 3.07. The van der Waals surface area contributed by atoms with E-state index in [0.717, 1.165) is 19.8 Å². The normalized spacial score (nSPS) is 19.7. The molecule has 3 heteroatoms. The number of hydrogen-bond donors (Lipinski definition) is 1. The highest BCUT2D eigenvalue weighted by atomic mass is 16.1. The van der Waals surface area contributed by atoms with E-state index in [1.807, 2.05) is 0 Å². The van der Waals surface area contributed by atoms with Gasteiger partial charge in [0.1, 0.15) is 0 Å². The molecule has 1 amide bonds. The highest BCUT2D eigenvalue weighted by Crippen LogP contribution is 2.06. The van der Waals surface area contributed by atoms with Crippen LogP contribution in [0.3, 0.4) is 0 Å². The van der Waals surface area contributed by atoms with Gasteiger partial charge >= 0.3 is 0 Å². The minimum absolute atomic E-state index is 0.0653.